The second-order valence-corrected chi connectivity index (χ2v) is 4.99. The number of likely N-dealkylation sites (N-methyl/N-ethyl adjacent to an activating group) is 1. The number of hydrogen-bond acceptors (Lipinski definition) is 3. The van der Waals surface area contributed by atoms with Gasteiger partial charge in [-0.15, -0.1) is 0 Å². The first kappa shape index (κ1) is 14.0. The van der Waals surface area contributed by atoms with E-state index in [1.807, 2.05) is 13.8 Å². The average molecular weight is 241 g/mol. The van der Waals surface area contributed by atoms with Gasteiger partial charge in [0.05, 0.1) is 5.92 Å². The van der Waals surface area contributed by atoms with E-state index in [0.717, 1.165) is 13.0 Å². The van der Waals surface area contributed by atoms with Crippen LogP contribution in [0.15, 0.2) is 0 Å². The van der Waals surface area contributed by atoms with Gasteiger partial charge in [-0.05, 0) is 25.3 Å². The summed E-state index contributed by atoms with van der Waals surface area (Å²) in [6.07, 6.45) is 1.53. The standard InChI is InChI=1S/C12H23N3O2/c1-8(2)6-10(12(17)13-3)15-11(16)9-4-5-14-7-9/h8-10,14H,4-7H2,1-3H3,(H,13,17)(H,15,16). The van der Waals surface area contributed by atoms with Crippen molar-refractivity contribution in [1.82, 2.24) is 16.0 Å². The van der Waals surface area contributed by atoms with Crippen LogP contribution in [0.3, 0.4) is 0 Å². The van der Waals surface area contributed by atoms with Crippen LogP contribution in [0.5, 0.6) is 0 Å². The van der Waals surface area contributed by atoms with Crippen LogP contribution < -0.4 is 16.0 Å². The number of amides is 2. The zero-order chi connectivity index (χ0) is 12.8. The lowest BCUT2D eigenvalue weighted by molar-refractivity contribution is -0.130. The summed E-state index contributed by atoms with van der Waals surface area (Å²) in [6.45, 7) is 5.68. The molecule has 17 heavy (non-hydrogen) atoms. The molecule has 1 fully saturated rings. The first-order chi connectivity index (χ1) is 8.04. The Balaban J connectivity index is 2.52. The third kappa shape index (κ3) is 4.34. The lowest BCUT2D eigenvalue weighted by atomic mass is 10.0. The maximum absolute atomic E-state index is 11.9. The van der Waals surface area contributed by atoms with E-state index in [1.54, 1.807) is 7.05 Å². The number of carbonyl (C=O) groups excluding carboxylic acids is 2. The molecule has 2 unspecified atom stereocenters. The van der Waals surface area contributed by atoms with Crippen LogP contribution >= 0.6 is 0 Å². The van der Waals surface area contributed by atoms with E-state index < -0.39 is 6.04 Å². The smallest absolute Gasteiger partial charge is 0.242 e. The van der Waals surface area contributed by atoms with Gasteiger partial charge in [-0.2, -0.15) is 0 Å². The molecule has 0 aromatic carbocycles. The zero-order valence-electron chi connectivity index (χ0n) is 10.9. The van der Waals surface area contributed by atoms with Crippen LogP contribution in [-0.2, 0) is 9.59 Å². The molecule has 5 nitrogen and oxygen atoms in total. The lowest BCUT2D eigenvalue weighted by Crippen LogP contribution is -2.48. The molecule has 98 valence electrons. The largest absolute Gasteiger partial charge is 0.357 e. The summed E-state index contributed by atoms with van der Waals surface area (Å²) in [6, 6.07) is -0.409. The Hall–Kier alpha value is -1.10. The van der Waals surface area contributed by atoms with Crippen LogP contribution in [0.1, 0.15) is 26.7 Å². The summed E-state index contributed by atoms with van der Waals surface area (Å²) in [4.78, 5) is 23.6. The Labute approximate surface area is 103 Å². The van der Waals surface area contributed by atoms with Crippen molar-refractivity contribution in [3.63, 3.8) is 0 Å². The summed E-state index contributed by atoms with van der Waals surface area (Å²) in [5.41, 5.74) is 0. The van der Waals surface area contributed by atoms with Gasteiger partial charge in [0.2, 0.25) is 11.8 Å². The molecular formula is C12H23N3O2. The van der Waals surface area contributed by atoms with Crippen molar-refractivity contribution in [2.45, 2.75) is 32.7 Å². The Morgan fingerprint density at radius 2 is 2.12 bits per heavy atom. The van der Waals surface area contributed by atoms with Crippen LogP contribution in [-0.4, -0.2) is 38.0 Å². The molecule has 0 aromatic heterocycles. The highest BCUT2D eigenvalue weighted by atomic mass is 16.2. The maximum Gasteiger partial charge on any atom is 0.242 e. The van der Waals surface area contributed by atoms with Gasteiger partial charge in [0.15, 0.2) is 0 Å². The second kappa shape index (κ2) is 6.59. The molecule has 1 aliphatic heterocycles. The SMILES string of the molecule is CNC(=O)C(CC(C)C)NC(=O)C1CCNC1. The first-order valence-electron chi connectivity index (χ1n) is 6.27. The van der Waals surface area contributed by atoms with E-state index in [9.17, 15) is 9.59 Å². The molecule has 3 N–H and O–H groups in total. The molecule has 2 atom stereocenters. The second-order valence-electron chi connectivity index (χ2n) is 4.99. The van der Waals surface area contributed by atoms with Crippen molar-refractivity contribution < 1.29 is 9.59 Å². The van der Waals surface area contributed by atoms with Gasteiger partial charge in [0, 0.05) is 13.6 Å². The monoisotopic (exact) mass is 241 g/mol. The Morgan fingerprint density at radius 3 is 2.59 bits per heavy atom. The van der Waals surface area contributed by atoms with Gasteiger partial charge >= 0.3 is 0 Å². The molecule has 0 bridgehead atoms. The van der Waals surface area contributed by atoms with Crippen LogP contribution in [0.2, 0.25) is 0 Å². The maximum atomic E-state index is 11.9. The molecule has 0 aliphatic carbocycles. The minimum atomic E-state index is -0.409. The van der Waals surface area contributed by atoms with E-state index in [0.29, 0.717) is 18.9 Å². The van der Waals surface area contributed by atoms with E-state index in [2.05, 4.69) is 16.0 Å². The summed E-state index contributed by atoms with van der Waals surface area (Å²) < 4.78 is 0. The number of rotatable bonds is 5. The van der Waals surface area contributed by atoms with Gasteiger partial charge in [-0.3, -0.25) is 9.59 Å². The Morgan fingerprint density at radius 1 is 1.41 bits per heavy atom. The Bertz CT molecular complexity index is 273. The van der Waals surface area contributed by atoms with Gasteiger partial charge < -0.3 is 16.0 Å². The predicted molar refractivity (Wildman–Crippen MR) is 66.4 cm³/mol. The highest BCUT2D eigenvalue weighted by molar-refractivity contribution is 5.88. The average Bonchev–Trinajstić information content (AvgIpc) is 2.79. The fourth-order valence-electron chi connectivity index (χ4n) is 2.05. The molecule has 0 spiro atoms. The quantitative estimate of drug-likeness (QED) is 0.628. The predicted octanol–water partition coefficient (Wildman–Crippen LogP) is -0.127. The van der Waals surface area contributed by atoms with E-state index in [4.69, 9.17) is 0 Å². The third-order valence-corrected chi connectivity index (χ3v) is 3.02. The molecule has 2 amide bonds. The van der Waals surface area contributed by atoms with Crippen LogP contribution in [0.25, 0.3) is 0 Å². The lowest BCUT2D eigenvalue weighted by Gasteiger charge is -2.20. The minimum absolute atomic E-state index is 0.00863. The van der Waals surface area contributed by atoms with Crippen molar-refractivity contribution in [3.8, 4) is 0 Å². The molecule has 5 heteroatoms. The Kier molecular flexibility index (Phi) is 5.41. The molecule has 0 saturated carbocycles. The van der Waals surface area contributed by atoms with Crippen LogP contribution in [0.4, 0.5) is 0 Å². The molecule has 1 rings (SSSR count). The van der Waals surface area contributed by atoms with Crippen LogP contribution in [0, 0.1) is 11.8 Å². The highest BCUT2D eigenvalue weighted by Crippen LogP contribution is 2.10. The summed E-state index contributed by atoms with van der Waals surface area (Å²) in [5.74, 6) is 0.260. The van der Waals surface area contributed by atoms with Crippen molar-refractivity contribution >= 4 is 11.8 Å². The minimum Gasteiger partial charge on any atom is -0.357 e. The summed E-state index contributed by atoms with van der Waals surface area (Å²) in [7, 11) is 1.60. The van der Waals surface area contributed by atoms with Gasteiger partial charge in [-0.1, -0.05) is 13.8 Å². The summed E-state index contributed by atoms with van der Waals surface area (Å²) in [5, 5.41) is 8.60. The molecular weight excluding hydrogens is 218 g/mol. The van der Waals surface area contributed by atoms with E-state index in [1.165, 1.54) is 0 Å². The molecule has 1 saturated heterocycles. The van der Waals surface area contributed by atoms with Gasteiger partial charge in [0.1, 0.15) is 6.04 Å². The van der Waals surface area contributed by atoms with Gasteiger partial charge in [0.25, 0.3) is 0 Å². The third-order valence-electron chi connectivity index (χ3n) is 3.02. The summed E-state index contributed by atoms with van der Waals surface area (Å²) >= 11 is 0. The van der Waals surface area contributed by atoms with Crippen molar-refractivity contribution in [2.75, 3.05) is 20.1 Å². The molecule has 0 radical (unpaired) electrons. The van der Waals surface area contributed by atoms with E-state index in [-0.39, 0.29) is 17.7 Å². The molecule has 0 aromatic rings. The normalized spacial score (nSPS) is 21.3. The van der Waals surface area contributed by atoms with E-state index >= 15 is 0 Å². The molecule has 1 heterocycles. The first-order valence-corrected chi connectivity index (χ1v) is 6.27. The van der Waals surface area contributed by atoms with Gasteiger partial charge in [-0.25, -0.2) is 0 Å². The number of nitrogens with one attached hydrogen (secondary N) is 3. The number of hydrogen-bond donors (Lipinski definition) is 3. The highest BCUT2D eigenvalue weighted by Gasteiger charge is 2.27. The van der Waals surface area contributed by atoms with Crippen molar-refractivity contribution in [3.05, 3.63) is 0 Å². The molecule has 1 aliphatic rings. The van der Waals surface area contributed by atoms with Crippen molar-refractivity contribution in [1.29, 1.82) is 0 Å². The number of carbonyl (C=O) groups is 2. The van der Waals surface area contributed by atoms with Crippen molar-refractivity contribution in [2.24, 2.45) is 11.8 Å². The fraction of sp³-hybridized carbons (Fsp3) is 0.833. The fourth-order valence-corrected chi connectivity index (χ4v) is 2.05. The zero-order valence-corrected chi connectivity index (χ0v) is 10.9. The topological polar surface area (TPSA) is 70.2 Å².